The van der Waals surface area contributed by atoms with Gasteiger partial charge in [0.1, 0.15) is 5.60 Å². The molecule has 0 aliphatic rings. The molecule has 3 nitrogen and oxygen atoms in total. The lowest BCUT2D eigenvalue weighted by Crippen LogP contribution is -2.32. The molecule has 1 N–H and O–H groups in total. The highest BCUT2D eigenvalue weighted by molar-refractivity contribution is 7.94. The summed E-state index contributed by atoms with van der Waals surface area (Å²) >= 11 is 0. The Morgan fingerprint density at radius 3 is 2.19 bits per heavy atom. The number of sulfone groups is 1. The molecule has 0 aliphatic heterocycles. The van der Waals surface area contributed by atoms with E-state index < -0.39 is 15.4 Å². The van der Waals surface area contributed by atoms with E-state index >= 15 is 0 Å². The first-order chi connectivity index (χ1) is 12.9. The number of hydrogen-bond acceptors (Lipinski definition) is 3. The molecule has 2 atom stereocenters. The van der Waals surface area contributed by atoms with Gasteiger partial charge in [-0.25, -0.2) is 8.42 Å². The monoisotopic (exact) mass is 384 g/mol. The van der Waals surface area contributed by atoms with Crippen molar-refractivity contribution in [2.24, 2.45) is 5.92 Å². The summed E-state index contributed by atoms with van der Waals surface area (Å²) in [5.41, 5.74) is -0.774. The summed E-state index contributed by atoms with van der Waals surface area (Å²) < 4.78 is 25.3. The third kappa shape index (κ3) is 5.41. The van der Waals surface area contributed by atoms with Crippen LogP contribution in [-0.4, -0.2) is 13.5 Å². The summed E-state index contributed by atoms with van der Waals surface area (Å²) in [6.45, 7) is 6.01. The van der Waals surface area contributed by atoms with Crippen molar-refractivity contribution in [1.82, 2.24) is 0 Å². The molecule has 2 rings (SSSR count). The molecule has 4 heteroatoms. The second-order valence-corrected chi connectivity index (χ2v) is 8.52. The minimum Gasteiger partial charge on any atom is -0.380 e. The lowest BCUT2D eigenvalue weighted by Gasteiger charge is -2.32. The molecule has 0 amide bonds. The van der Waals surface area contributed by atoms with Crippen LogP contribution in [0.15, 0.2) is 89.7 Å². The van der Waals surface area contributed by atoms with Crippen LogP contribution in [0.1, 0.15) is 38.2 Å². The second-order valence-electron chi connectivity index (χ2n) is 6.69. The molecule has 0 aromatic heterocycles. The minimum atomic E-state index is -3.64. The third-order valence-electron chi connectivity index (χ3n) is 4.78. The zero-order chi connectivity index (χ0) is 19.8. The molecular weight excluding hydrogens is 356 g/mol. The van der Waals surface area contributed by atoms with Crippen molar-refractivity contribution in [1.29, 1.82) is 0 Å². The van der Waals surface area contributed by atoms with Gasteiger partial charge in [-0.15, -0.1) is 6.58 Å². The topological polar surface area (TPSA) is 54.4 Å². The van der Waals surface area contributed by atoms with Crippen molar-refractivity contribution in [3.8, 4) is 0 Å². The lowest BCUT2D eigenvalue weighted by molar-refractivity contribution is 0.0401. The molecule has 0 saturated carbocycles. The average Bonchev–Trinajstić information content (AvgIpc) is 2.71. The van der Waals surface area contributed by atoms with Crippen LogP contribution in [0.2, 0.25) is 0 Å². The molecule has 0 heterocycles. The van der Waals surface area contributed by atoms with Crippen molar-refractivity contribution in [3.05, 3.63) is 90.4 Å². The Morgan fingerprint density at radius 1 is 1.04 bits per heavy atom. The first kappa shape index (κ1) is 21.1. The van der Waals surface area contributed by atoms with Crippen LogP contribution < -0.4 is 0 Å². The van der Waals surface area contributed by atoms with E-state index in [9.17, 15) is 13.5 Å². The van der Waals surface area contributed by atoms with Crippen LogP contribution in [0.3, 0.4) is 0 Å². The van der Waals surface area contributed by atoms with Crippen LogP contribution in [0.5, 0.6) is 0 Å². The van der Waals surface area contributed by atoms with Crippen molar-refractivity contribution < 1.29 is 13.5 Å². The second kappa shape index (κ2) is 9.67. The lowest BCUT2D eigenvalue weighted by atomic mass is 9.78. The Morgan fingerprint density at radius 2 is 1.63 bits per heavy atom. The number of aliphatic hydroxyl groups is 1. The maximum Gasteiger partial charge on any atom is 0.199 e. The molecular formula is C23H28O3S. The SMILES string of the molecule is C=CC(CCCCC)[C@@](O)(/C=C/S(=O)(=O)c1ccccc1)c1ccccc1. The van der Waals surface area contributed by atoms with Gasteiger partial charge in [0, 0.05) is 11.3 Å². The van der Waals surface area contributed by atoms with Crippen molar-refractivity contribution in [3.63, 3.8) is 0 Å². The fraction of sp³-hybridized carbons (Fsp3) is 0.304. The Balaban J connectivity index is 2.42. The van der Waals surface area contributed by atoms with E-state index in [0.29, 0.717) is 5.56 Å². The minimum absolute atomic E-state index is 0.206. The molecule has 0 spiro atoms. The molecule has 0 fully saturated rings. The highest BCUT2D eigenvalue weighted by Gasteiger charge is 2.34. The summed E-state index contributed by atoms with van der Waals surface area (Å²) in [6.07, 6.45) is 6.94. The molecule has 0 radical (unpaired) electrons. The van der Waals surface area contributed by atoms with E-state index in [1.807, 2.05) is 30.3 Å². The van der Waals surface area contributed by atoms with Gasteiger partial charge < -0.3 is 5.11 Å². The van der Waals surface area contributed by atoms with Crippen molar-refractivity contribution >= 4 is 9.84 Å². The number of benzene rings is 2. The smallest absolute Gasteiger partial charge is 0.199 e. The largest absolute Gasteiger partial charge is 0.380 e. The predicted molar refractivity (Wildman–Crippen MR) is 111 cm³/mol. The maximum atomic E-state index is 12.7. The fourth-order valence-corrected chi connectivity index (χ4v) is 4.23. The molecule has 1 unspecified atom stereocenters. The molecule has 27 heavy (non-hydrogen) atoms. The number of unbranched alkanes of at least 4 members (excludes halogenated alkanes) is 2. The van der Waals surface area contributed by atoms with Gasteiger partial charge in [-0.1, -0.05) is 80.8 Å². The fourth-order valence-electron chi connectivity index (χ4n) is 3.15. The van der Waals surface area contributed by atoms with E-state index in [0.717, 1.165) is 31.1 Å². The molecule has 2 aromatic rings. The number of rotatable bonds is 10. The summed E-state index contributed by atoms with van der Waals surface area (Å²) in [4.78, 5) is 0.206. The molecule has 144 valence electrons. The van der Waals surface area contributed by atoms with E-state index in [1.54, 1.807) is 36.4 Å². The summed E-state index contributed by atoms with van der Waals surface area (Å²) in [6, 6.07) is 17.4. The average molecular weight is 385 g/mol. The van der Waals surface area contributed by atoms with Gasteiger partial charge in [0.25, 0.3) is 0 Å². The quantitative estimate of drug-likeness (QED) is 0.450. The normalized spacial score (nSPS) is 15.3. The Kier molecular flexibility index (Phi) is 7.57. The van der Waals surface area contributed by atoms with Crippen LogP contribution in [0.25, 0.3) is 0 Å². The van der Waals surface area contributed by atoms with Crippen LogP contribution in [0, 0.1) is 5.92 Å². The molecule has 0 saturated heterocycles. The zero-order valence-corrected chi connectivity index (χ0v) is 16.6. The first-order valence-corrected chi connectivity index (χ1v) is 10.9. The standard InChI is InChI=1S/C23H28O3S/c1-3-5-8-13-20(4-2)23(24,21-14-9-6-10-15-21)18-19-27(25,26)22-16-11-7-12-17-22/h4,6-7,9-12,14-20,24H,2-3,5,8,13H2,1H3/b19-18+/t20?,23-/m0/s1. The van der Waals surface area contributed by atoms with Gasteiger partial charge in [-0.2, -0.15) is 0 Å². The van der Waals surface area contributed by atoms with Gasteiger partial charge >= 0.3 is 0 Å². The van der Waals surface area contributed by atoms with E-state index in [4.69, 9.17) is 0 Å². The van der Waals surface area contributed by atoms with Crippen LogP contribution in [-0.2, 0) is 15.4 Å². The van der Waals surface area contributed by atoms with E-state index in [1.165, 1.54) is 6.08 Å². The highest BCUT2D eigenvalue weighted by Crippen LogP contribution is 2.36. The molecule has 0 bridgehead atoms. The van der Waals surface area contributed by atoms with Gasteiger partial charge in [0.05, 0.1) is 4.90 Å². The number of hydrogen-bond donors (Lipinski definition) is 1. The molecule has 2 aromatic carbocycles. The zero-order valence-electron chi connectivity index (χ0n) is 15.8. The van der Waals surface area contributed by atoms with Crippen molar-refractivity contribution in [2.75, 3.05) is 0 Å². The van der Waals surface area contributed by atoms with Crippen molar-refractivity contribution in [2.45, 2.75) is 43.1 Å². The maximum absolute atomic E-state index is 12.7. The third-order valence-corrected chi connectivity index (χ3v) is 6.20. The van der Waals surface area contributed by atoms with Gasteiger partial charge in [-0.05, 0) is 30.2 Å². The summed E-state index contributed by atoms with van der Waals surface area (Å²) in [7, 11) is -3.64. The first-order valence-electron chi connectivity index (χ1n) is 9.34. The molecule has 0 aliphatic carbocycles. The van der Waals surface area contributed by atoms with Gasteiger partial charge in [-0.3, -0.25) is 0 Å². The van der Waals surface area contributed by atoms with Gasteiger partial charge in [0.15, 0.2) is 9.84 Å². The van der Waals surface area contributed by atoms with E-state index in [2.05, 4.69) is 13.5 Å². The van der Waals surface area contributed by atoms with E-state index in [-0.39, 0.29) is 10.8 Å². The van der Waals surface area contributed by atoms with Crippen LogP contribution >= 0.6 is 0 Å². The predicted octanol–water partition coefficient (Wildman–Crippen LogP) is 5.24. The Labute approximate surface area is 163 Å². The van der Waals surface area contributed by atoms with Crippen LogP contribution in [0.4, 0.5) is 0 Å². The highest BCUT2D eigenvalue weighted by atomic mass is 32.2. The summed E-state index contributed by atoms with van der Waals surface area (Å²) in [5.74, 6) is -0.284. The Hall–Kier alpha value is -2.17. The summed E-state index contributed by atoms with van der Waals surface area (Å²) in [5, 5.41) is 12.6. The Bertz CT molecular complexity index is 842. The van der Waals surface area contributed by atoms with Gasteiger partial charge in [0.2, 0.25) is 0 Å².